The fraction of sp³-hybridized carbons (Fsp3) is 0.308. The molecule has 6 nitrogen and oxygen atoms in total. The smallest absolute Gasteiger partial charge is 0.267 e. The van der Waals surface area contributed by atoms with E-state index in [2.05, 4.69) is 29.4 Å². The zero-order valence-electron chi connectivity index (χ0n) is 19.2. The standard InChI is InChI=1S/C26H28N4O2S2/c1-2-3-4-9-17-30-25(32)21(34-26(30)33)18-20-23(27-15-14-19-11-6-5-7-12-19)28-22-13-8-10-16-29(22)24(20)31/h5-8,10-13,16,18,27H,2-4,9,14-15,17H2,1H3. The summed E-state index contributed by atoms with van der Waals surface area (Å²) in [4.78, 5) is 33.2. The number of hydrogen-bond donors (Lipinski definition) is 1. The van der Waals surface area contributed by atoms with E-state index in [-0.39, 0.29) is 11.5 Å². The van der Waals surface area contributed by atoms with Crippen LogP contribution in [0.3, 0.4) is 0 Å². The number of unbranched alkanes of at least 4 members (excludes halogenated alkanes) is 3. The zero-order valence-corrected chi connectivity index (χ0v) is 20.8. The lowest BCUT2D eigenvalue weighted by atomic mass is 10.1. The Morgan fingerprint density at radius 2 is 1.85 bits per heavy atom. The first-order valence-electron chi connectivity index (χ1n) is 11.6. The molecule has 0 radical (unpaired) electrons. The molecule has 0 aliphatic carbocycles. The normalized spacial score (nSPS) is 15.0. The monoisotopic (exact) mass is 492 g/mol. The highest BCUT2D eigenvalue weighted by Gasteiger charge is 2.32. The molecular weight excluding hydrogens is 464 g/mol. The Balaban J connectivity index is 1.61. The van der Waals surface area contributed by atoms with E-state index in [0.717, 1.165) is 32.1 Å². The Hall–Kier alpha value is -2.97. The summed E-state index contributed by atoms with van der Waals surface area (Å²) in [7, 11) is 0. The van der Waals surface area contributed by atoms with Gasteiger partial charge in [-0.1, -0.05) is 86.6 Å². The second-order valence-electron chi connectivity index (χ2n) is 8.16. The number of nitrogens with zero attached hydrogens (tertiary/aromatic N) is 3. The average molecular weight is 493 g/mol. The molecule has 1 saturated heterocycles. The lowest BCUT2D eigenvalue weighted by molar-refractivity contribution is -0.122. The van der Waals surface area contributed by atoms with Gasteiger partial charge in [-0.2, -0.15) is 0 Å². The highest BCUT2D eigenvalue weighted by Crippen LogP contribution is 2.33. The lowest BCUT2D eigenvalue weighted by Crippen LogP contribution is -2.29. The minimum atomic E-state index is -0.221. The molecule has 3 heterocycles. The van der Waals surface area contributed by atoms with Crippen molar-refractivity contribution in [1.82, 2.24) is 14.3 Å². The number of rotatable bonds is 10. The largest absolute Gasteiger partial charge is 0.369 e. The molecule has 0 spiro atoms. The van der Waals surface area contributed by atoms with Crippen molar-refractivity contribution in [3.05, 3.63) is 81.1 Å². The molecule has 1 aromatic carbocycles. The van der Waals surface area contributed by atoms with Gasteiger partial charge in [0.25, 0.3) is 11.5 Å². The van der Waals surface area contributed by atoms with Gasteiger partial charge in [0.2, 0.25) is 0 Å². The molecule has 4 rings (SSSR count). The molecule has 1 fully saturated rings. The first kappa shape index (κ1) is 24.2. The summed E-state index contributed by atoms with van der Waals surface area (Å²) in [6, 6.07) is 15.6. The number of thiocarbonyl (C=S) groups is 1. The number of carbonyl (C=O) groups excluding carboxylic acids is 1. The molecule has 1 N–H and O–H groups in total. The van der Waals surface area contributed by atoms with Gasteiger partial charge >= 0.3 is 0 Å². The number of amides is 1. The minimum absolute atomic E-state index is 0.140. The van der Waals surface area contributed by atoms with Crippen LogP contribution in [0, 0.1) is 0 Å². The van der Waals surface area contributed by atoms with E-state index in [1.807, 2.05) is 24.3 Å². The van der Waals surface area contributed by atoms with Gasteiger partial charge in [0, 0.05) is 19.3 Å². The SMILES string of the molecule is CCCCCCN1C(=O)C(=Cc2c(NCCc3ccccc3)nc3ccccn3c2=O)SC1=S. The molecular formula is C26H28N4O2S2. The lowest BCUT2D eigenvalue weighted by Gasteiger charge is -2.14. The third kappa shape index (κ3) is 5.56. The second kappa shape index (κ2) is 11.4. The van der Waals surface area contributed by atoms with Crippen molar-refractivity contribution in [3.63, 3.8) is 0 Å². The van der Waals surface area contributed by atoms with Crippen LogP contribution in [0.15, 0.2) is 64.4 Å². The summed E-state index contributed by atoms with van der Waals surface area (Å²) in [5.74, 6) is 0.333. The summed E-state index contributed by atoms with van der Waals surface area (Å²) in [6.45, 7) is 3.38. The molecule has 0 saturated carbocycles. The molecule has 0 bridgehead atoms. The first-order valence-corrected chi connectivity index (χ1v) is 12.9. The van der Waals surface area contributed by atoms with Crippen LogP contribution in [0.2, 0.25) is 0 Å². The number of hydrogen-bond acceptors (Lipinski definition) is 6. The third-order valence-corrected chi connectivity index (χ3v) is 7.08. The van der Waals surface area contributed by atoms with E-state index in [4.69, 9.17) is 12.2 Å². The van der Waals surface area contributed by atoms with Crippen molar-refractivity contribution in [3.8, 4) is 0 Å². The molecule has 176 valence electrons. The number of aromatic nitrogens is 2. The van der Waals surface area contributed by atoms with Gasteiger partial charge in [0.15, 0.2) is 0 Å². The van der Waals surface area contributed by atoms with Crippen LogP contribution < -0.4 is 10.9 Å². The quantitative estimate of drug-likeness (QED) is 0.240. The van der Waals surface area contributed by atoms with Gasteiger partial charge in [-0.25, -0.2) is 4.98 Å². The number of anilines is 1. The topological polar surface area (TPSA) is 66.7 Å². The van der Waals surface area contributed by atoms with Crippen molar-refractivity contribution < 1.29 is 4.79 Å². The van der Waals surface area contributed by atoms with Crippen molar-refractivity contribution in [2.75, 3.05) is 18.4 Å². The Kier molecular flexibility index (Phi) is 8.13. The van der Waals surface area contributed by atoms with Crippen LogP contribution in [0.5, 0.6) is 0 Å². The molecule has 2 aromatic heterocycles. The molecule has 0 unspecified atom stereocenters. The van der Waals surface area contributed by atoms with Gasteiger partial charge in [0.05, 0.1) is 10.5 Å². The average Bonchev–Trinajstić information content (AvgIpc) is 3.12. The molecule has 0 atom stereocenters. The molecule has 8 heteroatoms. The number of benzene rings is 1. The molecule has 34 heavy (non-hydrogen) atoms. The third-order valence-electron chi connectivity index (χ3n) is 5.70. The van der Waals surface area contributed by atoms with E-state index >= 15 is 0 Å². The van der Waals surface area contributed by atoms with Crippen LogP contribution in [-0.4, -0.2) is 37.6 Å². The van der Waals surface area contributed by atoms with Gasteiger partial charge in [-0.05, 0) is 36.6 Å². The van der Waals surface area contributed by atoms with Crippen LogP contribution in [0.4, 0.5) is 5.82 Å². The summed E-state index contributed by atoms with van der Waals surface area (Å²) >= 11 is 6.72. The summed E-state index contributed by atoms with van der Waals surface area (Å²) in [5.41, 5.74) is 1.89. The maximum atomic E-state index is 13.4. The summed E-state index contributed by atoms with van der Waals surface area (Å²) < 4.78 is 2.04. The number of carbonyl (C=O) groups is 1. The van der Waals surface area contributed by atoms with E-state index in [1.54, 1.807) is 29.3 Å². The first-order chi connectivity index (χ1) is 16.6. The van der Waals surface area contributed by atoms with Crippen molar-refractivity contribution in [2.45, 2.75) is 39.0 Å². The Bertz CT molecular complexity index is 1270. The molecule has 1 aliphatic rings. The molecule has 1 amide bonds. The summed E-state index contributed by atoms with van der Waals surface area (Å²) in [6.07, 6.45) is 8.38. The highest BCUT2D eigenvalue weighted by atomic mass is 32.2. The summed E-state index contributed by atoms with van der Waals surface area (Å²) in [5, 5.41) is 3.32. The van der Waals surface area contributed by atoms with E-state index in [1.165, 1.54) is 21.7 Å². The number of fused-ring (bicyclic) bond motifs is 1. The van der Waals surface area contributed by atoms with E-state index in [0.29, 0.717) is 39.3 Å². The van der Waals surface area contributed by atoms with Crippen molar-refractivity contribution in [2.24, 2.45) is 0 Å². The predicted molar refractivity (Wildman–Crippen MR) is 144 cm³/mol. The minimum Gasteiger partial charge on any atom is -0.369 e. The van der Waals surface area contributed by atoms with E-state index in [9.17, 15) is 9.59 Å². The fourth-order valence-corrected chi connectivity index (χ4v) is 5.15. The number of pyridine rings is 1. The van der Waals surface area contributed by atoms with Crippen LogP contribution in [0.1, 0.15) is 43.7 Å². The van der Waals surface area contributed by atoms with Gasteiger partial charge < -0.3 is 5.32 Å². The van der Waals surface area contributed by atoms with Crippen molar-refractivity contribution >= 4 is 51.7 Å². The second-order valence-corrected chi connectivity index (χ2v) is 9.84. The van der Waals surface area contributed by atoms with Crippen LogP contribution in [-0.2, 0) is 11.2 Å². The Labute approximate surface area is 209 Å². The Morgan fingerprint density at radius 1 is 1.06 bits per heavy atom. The van der Waals surface area contributed by atoms with Gasteiger partial charge in [0.1, 0.15) is 15.8 Å². The molecule has 3 aromatic rings. The van der Waals surface area contributed by atoms with E-state index < -0.39 is 0 Å². The molecule has 1 aliphatic heterocycles. The number of thioether (sulfide) groups is 1. The fourth-order valence-electron chi connectivity index (χ4n) is 3.86. The number of nitrogens with one attached hydrogen (secondary N) is 1. The maximum absolute atomic E-state index is 13.4. The van der Waals surface area contributed by atoms with Gasteiger partial charge in [-0.15, -0.1) is 0 Å². The van der Waals surface area contributed by atoms with Crippen molar-refractivity contribution in [1.29, 1.82) is 0 Å². The Morgan fingerprint density at radius 3 is 2.65 bits per heavy atom. The van der Waals surface area contributed by atoms with Gasteiger partial charge in [-0.3, -0.25) is 18.9 Å². The predicted octanol–water partition coefficient (Wildman–Crippen LogP) is 5.13. The van der Waals surface area contributed by atoms with Crippen LogP contribution in [0.25, 0.3) is 11.7 Å². The highest BCUT2D eigenvalue weighted by molar-refractivity contribution is 8.26. The zero-order chi connectivity index (χ0) is 23.9. The van der Waals surface area contributed by atoms with Crippen LogP contribution >= 0.6 is 24.0 Å². The maximum Gasteiger partial charge on any atom is 0.267 e.